The summed E-state index contributed by atoms with van der Waals surface area (Å²) in [6, 6.07) is 5.15. The fourth-order valence-corrected chi connectivity index (χ4v) is 3.53. The van der Waals surface area contributed by atoms with Crippen LogP contribution in [0.1, 0.15) is 24.8 Å². The fraction of sp³-hybridized carbons (Fsp3) is 0.667. The minimum absolute atomic E-state index is 0.419. The molecule has 0 aromatic carbocycles. The average Bonchev–Trinajstić information content (AvgIpc) is 2.88. The van der Waals surface area contributed by atoms with Gasteiger partial charge in [-0.05, 0) is 50.0 Å². The molecule has 110 valence electrons. The monoisotopic (exact) mass is 294 g/mol. The Labute approximate surface area is 125 Å². The van der Waals surface area contributed by atoms with Gasteiger partial charge in [0.2, 0.25) is 0 Å². The first kappa shape index (κ1) is 14.3. The van der Waals surface area contributed by atoms with Crippen molar-refractivity contribution >= 4 is 11.6 Å². The number of piperidine rings is 1. The normalized spacial score (nSPS) is 26.2. The number of hydrogen-bond acceptors (Lipinski definition) is 4. The average molecular weight is 295 g/mol. The number of pyridine rings is 1. The summed E-state index contributed by atoms with van der Waals surface area (Å²) in [7, 11) is 0. The third-order valence-electron chi connectivity index (χ3n) is 4.54. The topological polar surface area (TPSA) is 45.4 Å². The molecule has 0 aliphatic carbocycles. The Balaban J connectivity index is 1.52. The molecule has 0 bridgehead atoms. The van der Waals surface area contributed by atoms with Crippen LogP contribution in [0.5, 0.6) is 0 Å². The van der Waals surface area contributed by atoms with E-state index in [0.717, 1.165) is 25.9 Å². The molecule has 4 nitrogen and oxygen atoms in total. The maximum absolute atomic E-state index is 5.98. The standard InChI is InChI=1S/C15H23ClN4/c16-15-9-12(1-5-18-15)10-19-6-4-14(11-19)20-7-2-13(17)3-8-20/h1,5,9,13-14H,2-4,6-8,10-11,17H2. The smallest absolute Gasteiger partial charge is 0.129 e. The first-order valence-electron chi connectivity index (χ1n) is 7.53. The summed E-state index contributed by atoms with van der Waals surface area (Å²) in [5.74, 6) is 0. The van der Waals surface area contributed by atoms with E-state index in [1.165, 1.54) is 31.6 Å². The van der Waals surface area contributed by atoms with E-state index in [-0.39, 0.29) is 0 Å². The molecular formula is C15H23ClN4. The van der Waals surface area contributed by atoms with Crippen molar-refractivity contribution in [2.24, 2.45) is 5.73 Å². The molecule has 3 heterocycles. The number of halogens is 1. The maximum Gasteiger partial charge on any atom is 0.129 e. The largest absolute Gasteiger partial charge is 0.328 e. The van der Waals surface area contributed by atoms with Crippen LogP contribution in [-0.2, 0) is 6.54 Å². The second-order valence-electron chi connectivity index (χ2n) is 6.04. The molecule has 0 radical (unpaired) electrons. The quantitative estimate of drug-likeness (QED) is 0.863. The van der Waals surface area contributed by atoms with Crippen LogP contribution in [0.15, 0.2) is 18.3 Å². The molecule has 2 aliphatic rings. The molecule has 2 saturated heterocycles. The van der Waals surface area contributed by atoms with Gasteiger partial charge in [0.1, 0.15) is 5.15 Å². The lowest BCUT2D eigenvalue weighted by Crippen LogP contribution is -2.46. The first-order valence-corrected chi connectivity index (χ1v) is 7.91. The van der Waals surface area contributed by atoms with Crippen LogP contribution in [-0.4, -0.2) is 53.0 Å². The summed E-state index contributed by atoms with van der Waals surface area (Å²) < 4.78 is 0. The number of nitrogens with two attached hydrogens (primary N) is 1. The second kappa shape index (κ2) is 6.39. The molecule has 5 heteroatoms. The molecule has 1 atom stereocenters. The lowest BCUT2D eigenvalue weighted by atomic mass is 10.0. The Bertz CT molecular complexity index is 445. The minimum Gasteiger partial charge on any atom is -0.328 e. The molecule has 0 saturated carbocycles. The van der Waals surface area contributed by atoms with Crippen LogP contribution in [0.4, 0.5) is 0 Å². The summed E-state index contributed by atoms with van der Waals surface area (Å²) in [6.45, 7) is 5.65. The molecule has 0 amide bonds. The predicted molar refractivity (Wildman–Crippen MR) is 81.7 cm³/mol. The van der Waals surface area contributed by atoms with Crippen molar-refractivity contribution in [3.8, 4) is 0 Å². The van der Waals surface area contributed by atoms with E-state index in [1.54, 1.807) is 6.20 Å². The van der Waals surface area contributed by atoms with Gasteiger partial charge in [-0.25, -0.2) is 4.98 Å². The zero-order valence-electron chi connectivity index (χ0n) is 11.8. The van der Waals surface area contributed by atoms with Gasteiger partial charge < -0.3 is 5.73 Å². The van der Waals surface area contributed by atoms with E-state index >= 15 is 0 Å². The summed E-state index contributed by atoms with van der Waals surface area (Å²) in [5, 5.41) is 0.586. The van der Waals surface area contributed by atoms with E-state index in [2.05, 4.69) is 20.9 Å². The highest BCUT2D eigenvalue weighted by Crippen LogP contribution is 2.21. The molecular weight excluding hydrogens is 272 g/mol. The van der Waals surface area contributed by atoms with Crippen molar-refractivity contribution in [1.29, 1.82) is 0 Å². The fourth-order valence-electron chi connectivity index (χ4n) is 3.34. The Kier molecular flexibility index (Phi) is 4.56. The minimum atomic E-state index is 0.419. The molecule has 1 unspecified atom stereocenters. The maximum atomic E-state index is 5.98. The second-order valence-corrected chi connectivity index (χ2v) is 6.43. The van der Waals surface area contributed by atoms with Crippen molar-refractivity contribution < 1.29 is 0 Å². The van der Waals surface area contributed by atoms with Gasteiger partial charge in [-0.1, -0.05) is 11.6 Å². The van der Waals surface area contributed by atoms with Gasteiger partial charge in [-0.3, -0.25) is 9.80 Å². The van der Waals surface area contributed by atoms with Gasteiger partial charge in [0.15, 0.2) is 0 Å². The Morgan fingerprint density at radius 3 is 2.80 bits per heavy atom. The van der Waals surface area contributed by atoms with E-state index < -0.39 is 0 Å². The van der Waals surface area contributed by atoms with E-state index in [1.807, 2.05) is 6.07 Å². The van der Waals surface area contributed by atoms with Crippen LogP contribution in [0, 0.1) is 0 Å². The summed E-state index contributed by atoms with van der Waals surface area (Å²) >= 11 is 5.94. The molecule has 2 aliphatic heterocycles. The molecule has 2 fully saturated rings. The van der Waals surface area contributed by atoms with Gasteiger partial charge in [0.05, 0.1) is 0 Å². The van der Waals surface area contributed by atoms with Crippen LogP contribution in [0.3, 0.4) is 0 Å². The highest BCUT2D eigenvalue weighted by atomic mass is 35.5. The summed E-state index contributed by atoms with van der Waals surface area (Å²) in [4.78, 5) is 9.18. The summed E-state index contributed by atoms with van der Waals surface area (Å²) in [5.41, 5.74) is 7.24. The summed E-state index contributed by atoms with van der Waals surface area (Å²) in [6.07, 6.45) is 5.36. The van der Waals surface area contributed by atoms with Crippen LogP contribution >= 0.6 is 11.6 Å². The molecule has 2 N–H and O–H groups in total. The van der Waals surface area contributed by atoms with Gasteiger partial charge in [0.25, 0.3) is 0 Å². The van der Waals surface area contributed by atoms with Crippen molar-refractivity contribution in [2.45, 2.75) is 37.9 Å². The number of hydrogen-bond donors (Lipinski definition) is 1. The van der Waals surface area contributed by atoms with Crippen molar-refractivity contribution in [2.75, 3.05) is 26.2 Å². The molecule has 0 spiro atoms. The number of likely N-dealkylation sites (tertiary alicyclic amines) is 2. The van der Waals surface area contributed by atoms with Crippen molar-refractivity contribution in [3.63, 3.8) is 0 Å². The van der Waals surface area contributed by atoms with E-state index in [4.69, 9.17) is 17.3 Å². The number of nitrogens with zero attached hydrogens (tertiary/aromatic N) is 3. The third-order valence-corrected chi connectivity index (χ3v) is 4.74. The Morgan fingerprint density at radius 2 is 2.05 bits per heavy atom. The first-order chi connectivity index (χ1) is 9.70. The molecule has 1 aromatic heterocycles. The zero-order chi connectivity index (χ0) is 13.9. The van der Waals surface area contributed by atoms with Gasteiger partial charge >= 0.3 is 0 Å². The van der Waals surface area contributed by atoms with Crippen LogP contribution in [0.25, 0.3) is 0 Å². The Morgan fingerprint density at radius 1 is 1.25 bits per heavy atom. The van der Waals surface area contributed by atoms with Gasteiger partial charge in [-0.2, -0.15) is 0 Å². The predicted octanol–water partition coefficient (Wildman–Crippen LogP) is 1.73. The molecule has 1 aromatic rings. The molecule has 20 heavy (non-hydrogen) atoms. The third kappa shape index (κ3) is 3.50. The Hall–Kier alpha value is -0.680. The van der Waals surface area contributed by atoms with E-state index in [9.17, 15) is 0 Å². The lowest BCUT2D eigenvalue weighted by molar-refractivity contribution is 0.151. The van der Waals surface area contributed by atoms with Gasteiger partial charge in [-0.15, -0.1) is 0 Å². The van der Waals surface area contributed by atoms with Gasteiger partial charge in [0, 0.05) is 37.9 Å². The highest BCUT2D eigenvalue weighted by Gasteiger charge is 2.29. The van der Waals surface area contributed by atoms with E-state index in [0.29, 0.717) is 17.2 Å². The van der Waals surface area contributed by atoms with Crippen molar-refractivity contribution in [1.82, 2.24) is 14.8 Å². The number of aromatic nitrogens is 1. The highest BCUT2D eigenvalue weighted by molar-refractivity contribution is 6.29. The number of rotatable bonds is 3. The SMILES string of the molecule is NC1CCN(C2CCN(Cc3ccnc(Cl)c3)C2)CC1. The zero-order valence-corrected chi connectivity index (χ0v) is 12.6. The molecule has 3 rings (SSSR count). The lowest BCUT2D eigenvalue weighted by Gasteiger charge is -2.34. The van der Waals surface area contributed by atoms with Crippen LogP contribution in [0.2, 0.25) is 5.15 Å². The van der Waals surface area contributed by atoms with Crippen LogP contribution < -0.4 is 5.73 Å². The van der Waals surface area contributed by atoms with Crippen molar-refractivity contribution in [3.05, 3.63) is 29.0 Å².